The number of aromatic amines is 1. The summed E-state index contributed by atoms with van der Waals surface area (Å²) in [6.45, 7) is 5.01. The molecule has 0 unspecified atom stereocenters. The van der Waals surface area contributed by atoms with Gasteiger partial charge in [0.2, 0.25) is 15.0 Å². The predicted molar refractivity (Wildman–Crippen MR) is 112 cm³/mol. The fourth-order valence-corrected chi connectivity index (χ4v) is 4.32. The van der Waals surface area contributed by atoms with Gasteiger partial charge in [0.15, 0.2) is 14.9 Å². The minimum Gasteiger partial charge on any atom is -0.443 e. The number of sulfone groups is 2. The smallest absolute Gasteiger partial charge is 0.414 e. The second-order valence-corrected chi connectivity index (χ2v) is 11.9. The molecule has 0 saturated carbocycles. The minimum atomic E-state index is -4.02. The first-order valence-electron chi connectivity index (χ1n) is 8.89. The quantitative estimate of drug-likeness (QED) is 0.453. The van der Waals surface area contributed by atoms with Gasteiger partial charge in [-0.25, -0.2) is 36.0 Å². The van der Waals surface area contributed by atoms with Crippen LogP contribution < -0.4 is 4.90 Å². The van der Waals surface area contributed by atoms with Crippen LogP contribution in [0.15, 0.2) is 22.3 Å². The van der Waals surface area contributed by atoms with Crippen LogP contribution in [0.4, 0.5) is 14.9 Å². The van der Waals surface area contributed by atoms with Gasteiger partial charge in [-0.2, -0.15) is 0 Å². The molecule has 168 valence electrons. The van der Waals surface area contributed by atoms with E-state index in [1.807, 2.05) is 0 Å². The van der Waals surface area contributed by atoms with Gasteiger partial charge < -0.3 is 9.72 Å². The van der Waals surface area contributed by atoms with Crippen molar-refractivity contribution in [2.45, 2.75) is 36.6 Å². The van der Waals surface area contributed by atoms with Crippen LogP contribution in [0.3, 0.4) is 0 Å². The third kappa shape index (κ3) is 4.46. The summed E-state index contributed by atoms with van der Waals surface area (Å²) in [5, 5.41) is -1.28. The van der Waals surface area contributed by atoms with Gasteiger partial charge >= 0.3 is 6.09 Å². The second-order valence-electron chi connectivity index (χ2n) is 8.09. The van der Waals surface area contributed by atoms with Crippen molar-refractivity contribution in [3.63, 3.8) is 0 Å². The van der Waals surface area contributed by atoms with Gasteiger partial charge in [0.1, 0.15) is 17.1 Å². The number of H-pyrrole nitrogens is 1. The zero-order valence-corrected chi connectivity index (χ0v) is 19.3. The average molecular weight is 473 g/mol. The van der Waals surface area contributed by atoms with Crippen molar-refractivity contribution in [3.05, 3.63) is 17.9 Å². The molecule has 1 N–H and O–H groups in total. The molecule has 3 aromatic rings. The highest BCUT2D eigenvalue weighted by Crippen LogP contribution is 2.36. The highest BCUT2D eigenvalue weighted by Gasteiger charge is 2.28. The monoisotopic (exact) mass is 472 g/mol. The third-order valence-electron chi connectivity index (χ3n) is 4.16. The summed E-state index contributed by atoms with van der Waals surface area (Å²) in [5.74, 6) is -0.759. The molecule has 0 fully saturated rings. The first kappa shape index (κ1) is 22.9. The van der Waals surface area contributed by atoms with Crippen LogP contribution in [0.1, 0.15) is 20.8 Å². The SMILES string of the molecule is CN(C(=O)OC(C)(C)C)c1cc(F)cc2c1[nH]c1nc(S(C)(=O)=O)nc(S(C)(=O)=O)c12. The summed E-state index contributed by atoms with van der Waals surface area (Å²) >= 11 is 0. The molecule has 0 atom stereocenters. The molecule has 10 nitrogen and oxygen atoms in total. The van der Waals surface area contributed by atoms with E-state index in [1.165, 1.54) is 7.05 Å². The summed E-state index contributed by atoms with van der Waals surface area (Å²) in [6.07, 6.45) is 0.918. The first-order chi connectivity index (χ1) is 14.0. The van der Waals surface area contributed by atoms with Crippen LogP contribution in [0.5, 0.6) is 0 Å². The molecule has 3 rings (SSSR count). The van der Waals surface area contributed by atoms with E-state index >= 15 is 0 Å². The number of ether oxygens (including phenoxy) is 1. The maximum absolute atomic E-state index is 14.5. The lowest BCUT2D eigenvalue weighted by atomic mass is 10.1. The fourth-order valence-electron chi connectivity index (χ4n) is 2.92. The third-order valence-corrected chi connectivity index (χ3v) is 6.01. The van der Waals surface area contributed by atoms with Crippen LogP contribution in [0.25, 0.3) is 21.9 Å². The molecule has 0 bridgehead atoms. The minimum absolute atomic E-state index is 0.0441. The molecule has 2 heterocycles. The highest BCUT2D eigenvalue weighted by molar-refractivity contribution is 7.91. The zero-order valence-electron chi connectivity index (χ0n) is 17.6. The van der Waals surface area contributed by atoms with E-state index in [4.69, 9.17) is 4.74 Å². The number of aromatic nitrogens is 3. The lowest BCUT2D eigenvalue weighted by Gasteiger charge is -2.25. The molecule has 13 heteroatoms. The Hall–Kier alpha value is -2.80. The molecule has 0 radical (unpaired) electrons. The van der Waals surface area contributed by atoms with E-state index in [1.54, 1.807) is 20.8 Å². The maximum Gasteiger partial charge on any atom is 0.414 e. The van der Waals surface area contributed by atoms with Crippen LogP contribution in [0, 0.1) is 5.82 Å². The number of hydrogen-bond acceptors (Lipinski definition) is 8. The van der Waals surface area contributed by atoms with Gasteiger partial charge in [-0.3, -0.25) is 4.90 Å². The number of benzene rings is 1. The Labute approximate surface area is 178 Å². The number of anilines is 1. The average Bonchev–Trinajstić information content (AvgIpc) is 2.94. The van der Waals surface area contributed by atoms with E-state index in [-0.39, 0.29) is 27.6 Å². The molecular weight excluding hydrogens is 451 g/mol. The summed E-state index contributed by atoms with van der Waals surface area (Å²) in [7, 11) is -6.61. The number of rotatable bonds is 3. The van der Waals surface area contributed by atoms with Gasteiger partial charge in [-0.1, -0.05) is 0 Å². The standard InChI is InChI=1S/C18H21FN4O6S2/c1-18(2,3)29-17(24)23(4)11-8-9(19)7-10-12-14(20-13(10)11)21-16(31(6,27)28)22-15(12)30(5,25)26/h7-8H,1-6H3,(H,20,21,22). The molecule has 1 aromatic carbocycles. The van der Waals surface area contributed by atoms with E-state index in [9.17, 15) is 26.0 Å². The molecule has 2 aromatic heterocycles. The van der Waals surface area contributed by atoms with Crippen molar-refractivity contribution in [2.75, 3.05) is 24.5 Å². The van der Waals surface area contributed by atoms with Gasteiger partial charge in [-0.15, -0.1) is 0 Å². The summed E-state index contributed by atoms with van der Waals surface area (Å²) in [4.78, 5) is 24.0. The van der Waals surface area contributed by atoms with Crippen molar-refractivity contribution in [3.8, 4) is 0 Å². The number of nitrogens with zero attached hydrogens (tertiary/aromatic N) is 3. The number of halogens is 1. The van der Waals surface area contributed by atoms with E-state index < -0.39 is 47.4 Å². The Morgan fingerprint density at radius 2 is 1.71 bits per heavy atom. The highest BCUT2D eigenvalue weighted by atomic mass is 32.2. The number of hydrogen-bond donors (Lipinski definition) is 1. The topological polar surface area (TPSA) is 139 Å². The number of carbonyl (C=O) groups is 1. The Morgan fingerprint density at radius 1 is 1.10 bits per heavy atom. The molecule has 1 amide bonds. The van der Waals surface area contributed by atoms with Crippen LogP contribution in [0.2, 0.25) is 0 Å². The van der Waals surface area contributed by atoms with Crippen molar-refractivity contribution in [2.24, 2.45) is 0 Å². The lowest BCUT2D eigenvalue weighted by molar-refractivity contribution is 0.0589. The zero-order chi connectivity index (χ0) is 23.5. The van der Waals surface area contributed by atoms with Crippen LogP contribution in [-0.2, 0) is 24.4 Å². The van der Waals surface area contributed by atoms with E-state index in [2.05, 4.69) is 15.0 Å². The number of fused-ring (bicyclic) bond motifs is 3. The molecule has 0 aliphatic heterocycles. The van der Waals surface area contributed by atoms with Gasteiger partial charge in [0, 0.05) is 24.9 Å². The van der Waals surface area contributed by atoms with Crippen molar-refractivity contribution < 1.29 is 30.8 Å². The Bertz CT molecular complexity index is 1440. The predicted octanol–water partition coefficient (Wildman–Crippen LogP) is 2.43. The van der Waals surface area contributed by atoms with E-state index in [0.29, 0.717) is 0 Å². The fraction of sp³-hybridized carbons (Fsp3) is 0.389. The Kier molecular flexibility index (Phi) is 5.26. The van der Waals surface area contributed by atoms with Crippen LogP contribution >= 0.6 is 0 Å². The van der Waals surface area contributed by atoms with Crippen molar-refractivity contribution in [1.82, 2.24) is 15.0 Å². The molecule has 0 aliphatic rings. The molecule has 0 saturated heterocycles. The summed E-state index contributed by atoms with van der Waals surface area (Å²) in [6, 6.07) is 2.12. The number of amides is 1. The summed E-state index contributed by atoms with van der Waals surface area (Å²) in [5.41, 5.74) is -0.732. The van der Waals surface area contributed by atoms with Gasteiger partial charge in [0.05, 0.1) is 16.6 Å². The van der Waals surface area contributed by atoms with Gasteiger partial charge in [0.25, 0.3) is 0 Å². The first-order valence-corrected chi connectivity index (χ1v) is 12.7. The largest absolute Gasteiger partial charge is 0.443 e. The lowest BCUT2D eigenvalue weighted by Crippen LogP contribution is -2.34. The Morgan fingerprint density at radius 3 is 2.23 bits per heavy atom. The number of nitrogens with one attached hydrogen (secondary N) is 1. The Balaban J connectivity index is 2.40. The molecule has 31 heavy (non-hydrogen) atoms. The van der Waals surface area contributed by atoms with Crippen LogP contribution in [-0.4, -0.2) is 63.0 Å². The molecule has 0 spiro atoms. The van der Waals surface area contributed by atoms with E-state index in [0.717, 1.165) is 29.5 Å². The number of carbonyl (C=O) groups excluding carboxylic acids is 1. The van der Waals surface area contributed by atoms with Gasteiger partial charge in [-0.05, 0) is 32.9 Å². The molecular formula is C18H21FN4O6S2. The molecule has 0 aliphatic carbocycles. The normalized spacial score (nSPS) is 13.0. The second kappa shape index (κ2) is 7.12. The van der Waals surface area contributed by atoms with Crippen molar-refractivity contribution in [1.29, 1.82) is 0 Å². The maximum atomic E-state index is 14.5. The van der Waals surface area contributed by atoms with Crippen molar-refractivity contribution >= 4 is 53.4 Å². The summed E-state index contributed by atoms with van der Waals surface area (Å²) < 4.78 is 68.4.